The lowest BCUT2D eigenvalue weighted by Crippen LogP contribution is -2.30. The van der Waals surface area contributed by atoms with Crippen LogP contribution in [0.5, 0.6) is 0 Å². The van der Waals surface area contributed by atoms with E-state index < -0.39 is 12.0 Å². The molecule has 1 aromatic carbocycles. The molecule has 0 unspecified atom stereocenters. The molecule has 0 saturated heterocycles. The fourth-order valence-electron chi connectivity index (χ4n) is 3.21. The zero-order chi connectivity index (χ0) is 18.4. The van der Waals surface area contributed by atoms with Crippen molar-refractivity contribution in [3.63, 3.8) is 0 Å². The summed E-state index contributed by atoms with van der Waals surface area (Å²) in [5, 5.41) is 20.7. The lowest BCUT2D eigenvalue weighted by atomic mass is 9.94. The van der Waals surface area contributed by atoms with Gasteiger partial charge in [-0.05, 0) is 36.5 Å². The Morgan fingerprint density at radius 1 is 1.28 bits per heavy atom. The Balaban J connectivity index is 2.22. The minimum absolute atomic E-state index is 0.0363. The van der Waals surface area contributed by atoms with E-state index in [2.05, 4.69) is 13.5 Å². The van der Waals surface area contributed by atoms with E-state index in [1.54, 1.807) is 17.7 Å². The molecule has 0 saturated carbocycles. The van der Waals surface area contributed by atoms with Crippen molar-refractivity contribution in [2.75, 3.05) is 6.61 Å². The summed E-state index contributed by atoms with van der Waals surface area (Å²) in [6.45, 7) is 7.89. The van der Waals surface area contributed by atoms with Gasteiger partial charge in [-0.25, -0.2) is 0 Å². The number of aliphatic hydroxyl groups excluding tert-OH is 2. The van der Waals surface area contributed by atoms with Gasteiger partial charge in [-0.2, -0.15) is 0 Å². The van der Waals surface area contributed by atoms with Gasteiger partial charge in [-0.1, -0.05) is 51.5 Å². The van der Waals surface area contributed by atoms with Gasteiger partial charge >= 0.3 is 0 Å². The lowest BCUT2D eigenvalue weighted by molar-refractivity contribution is 0.0701. The number of para-hydroxylation sites is 1. The minimum Gasteiger partial charge on any atom is -0.396 e. The van der Waals surface area contributed by atoms with Gasteiger partial charge in [0.1, 0.15) is 0 Å². The summed E-state index contributed by atoms with van der Waals surface area (Å²) in [6, 6.07) is 7.66. The van der Waals surface area contributed by atoms with Gasteiger partial charge in [0.25, 0.3) is 0 Å². The van der Waals surface area contributed by atoms with Crippen LogP contribution in [0.4, 0.5) is 0 Å². The molecule has 25 heavy (non-hydrogen) atoms. The number of unbranched alkanes of at least 4 members (excludes halogenated alkanes) is 2. The van der Waals surface area contributed by atoms with Crippen LogP contribution in [0.25, 0.3) is 10.9 Å². The van der Waals surface area contributed by atoms with E-state index in [0.717, 1.165) is 47.7 Å². The first-order valence-electron chi connectivity index (χ1n) is 9.11. The fraction of sp³-hybridized carbons (Fsp3) is 0.476. The number of hydrogen-bond acceptors (Lipinski definition) is 3. The molecule has 0 aliphatic carbocycles. The van der Waals surface area contributed by atoms with E-state index in [9.17, 15) is 15.0 Å². The number of rotatable bonds is 9. The first kappa shape index (κ1) is 19.4. The monoisotopic (exact) mass is 343 g/mol. The van der Waals surface area contributed by atoms with E-state index >= 15 is 0 Å². The Kier molecular flexibility index (Phi) is 6.97. The second-order valence-corrected chi connectivity index (χ2v) is 6.70. The number of carbonyl (C=O) groups is 1. The number of hydrogen-bond donors (Lipinski definition) is 2. The maximum Gasteiger partial charge on any atom is 0.236 e. The van der Waals surface area contributed by atoms with Crippen molar-refractivity contribution in [1.82, 2.24) is 4.57 Å². The second-order valence-electron chi connectivity index (χ2n) is 6.70. The summed E-state index contributed by atoms with van der Waals surface area (Å²) >= 11 is 0. The Bertz CT molecular complexity index is 732. The third kappa shape index (κ3) is 4.39. The zero-order valence-electron chi connectivity index (χ0n) is 15.2. The van der Waals surface area contributed by atoms with E-state index in [4.69, 9.17) is 0 Å². The molecule has 2 rings (SSSR count). The molecule has 0 spiro atoms. The third-order valence-electron chi connectivity index (χ3n) is 4.80. The highest BCUT2D eigenvalue weighted by atomic mass is 16.3. The van der Waals surface area contributed by atoms with Crippen LogP contribution in [0.3, 0.4) is 0 Å². The van der Waals surface area contributed by atoms with E-state index in [1.807, 2.05) is 24.3 Å². The van der Waals surface area contributed by atoms with Crippen LogP contribution in [0.1, 0.15) is 49.9 Å². The normalized spacial score (nSPS) is 13.8. The van der Waals surface area contributed by atoms with Gasteiger partial charge in [0.15, 0.2) is 0 Å². The van der Waals surface area contributed by atoms with Crippen molar-refractivity contribution < 1.29 is 15.0 Å². The lowest BCUT2D eigenvalue weighted by Gasteiger charge is -2.20. The summed E-state index contributed by atoms with van der Waals surface area (Å²) in [4.78, 5) is 13.0. The van der Waals surface area contributed by atoms with Crippen molar-refractivity contribution in [2.24, 2.45) is 5.92 Å². The first-order valence-corrected chi connectivity index (χ1v) is 9.11. The van der Waals surface area contributed by atoms with Crippen molar-refractivity contribution >= 4 is 16.8 Å². The van der Waals surface area contributed by atoms with Crippen molar-refractivity contribution in [2.45, 2.75) is 52.1 Å². The van der Waals surface area contributed by atoms with Crippen LogP contribution < -0.4 is 0 Å². The molecule has 0 aliphatic rings. The molecule has 2 N–H and O–H groups in total. The summed E-state index contributed by atoms with van der Waals surface area (Å²) in [7, 11) is 0. The topological polar surface area (TPSA) is 62.5 Å². The number of fused-ring (bicyclic) bond motifs is 1. The summed E-state index contributed by atoms with van der Waals surface area (Å²) in [5.74, 6) is -0.712. The standard InChI is InChI=1S/C21H29NO3/c1-4-5-6-9-15(2)20(24)16(3)21(25)22-14-17(12-13-23)18-10-7-8-11-19(18)22/h7-8,10-11,14,16,20,23-24H,2,4-6,9,12-13H2,1,3H3/t16-,20+/m0/s1. The predicted molar refractivity (Wildman–Crippen MR) is 102 cm³/mol. The van der Waals surface area contributed by atoms with Crippen LogP contribution in [-0.4, -0.2) is 33.4 Å². The van der Waals surface area contributed by atoms with Gasteiger partial charge in [0, 0.05) is 18.2 Å². The smallest absolute Gasteiger partial charge is 0.236 e. The number of benzene rings is 1. The molecular weight excluding hydrogens is 314 g/mol. The van der Waals surface area contributed by atoms with Gasteiger partial charge in [-0.3, -0.25) is 9.36 Å². The summed E-state index contributed by atoms with van der Waals surface area (Å²) < 4.78 is 1.60. The quantitative estimate of drug-likeness (QED) is 0.535. The van der Waals surface area contributed by atoms with Gasteiger partial charge in [0.2, 0.25) is 5.91 Å². The molecule has 4 nitrogen and oxygen atoms in total. The zero-order valence-corrected chi connectivity index (χ0v) is 15.2. The highest BCUT2D eigenvalue weighted by molar-refractivity contribution is 5.95. The Labute approximate surface area is 149 Å². The molecule has 4 heteroatoms. The third-order valence-corrected chi connectivity index (χ3v) is 4.80. The molecule has 1 heterocycles. The predicted octanol–water partition coefficient (Wildman–Crippen LogP) is 3.95. The van der Waals surface area contributed by atoms with Crippen LogP contribution in [0.2, 0.25) is 0 Å². The second kappa shape index (κ2) is 8.97. The number of aliphatic hydroxyl groups is 2. The molecule has 1 aromatic heterocycles. The van der Waals surface area contributed by atoms with Crippen molar-refractivity contribution in [3.8, 4) is 0 Å². The van der Waals surface area contributed by atoms with Crippen molar-refractivity contribution in [3.05, 3.63) is 48.2 Å². The number of nitrogens with zero attached hydrogens (tertiary/aromatic N) is 1. The van der Waals surface area contributed by atoms with E-state index in [1.165, 1.54) is 0 Å². The molecular formula is C21H29NO3. The van der Waals surface area contributed by atoms with Crippen LogP contribution in [-0.2, 0) is 6.42 Å². The first-order chi connectivity index (χ1) is 12.0. The SMILES string of the molecule is C=C(CCCCC)[C@@H](O)[C@H](C)C(=O)n1cc(CCO)c2ccccc21. The molecule has 0 amide bonds. The van der Waals surface area contributed by atoms with E-state index in [-0.39, 0.29) is 12.5 Å². The fourth-order valence-corrected chi connectivity index (χ4v) is 3.21. The average Bonchev–Trinajstić information content (AvgIpc) is 2.99. The molecule has 2 aromatic rings. The van der Waals surface area contributed by atoms with Gasteiger partial charge < -0.3 is 10.2 Å². The van der Waals surface area contributed by atoms with Crippen LogP contribution in [0.15, 0.2) is 42.6 Å². The molecule has 0 aliphatic heterocycles. The van der Waals surface area contributed by atoms with Gasteiger partial charge in [0.05, 0.1) is 17.5 Å². The van der Waals surface area contributed by atoms with Crippen molar-refractivity contribution in [1.29, 1.82) is 0 Å². The Hall–Kier alpha value is -1.91. The Morgan fingerprint density at radius 3 is 2.68 bits per heavy atom. The molecule has 136 valence electrons. The Morgan fingerprint density at radius 2 is 2.00 bits per heavy atom. The maximum absolute atomic E-state index is 13.0. The minimum atomic E-state index is -0.841. The number of carbonyl (C=O) groups excluding carboxylic acids is 1. The summed E-state index contributed by atoms with van der Waals surface area (Å²) in [6.07, 6.45) is 5.39. The summed E-state index contributed by atoms with van der Waals surface area (Å²) in [5.41, 5.74) is 2.47. The maximum atomic E-state index is 13.0. The molecule has 0 fully saturated rings. The molecule has 0 radical (unpaired) electrons. The number of aromatic nitrogens is 1. The average molecular weight is 343 g/mol. The largest absolute Gasteiger partial charge is 0.396 e. The van der Waals surface area contributed by atoms with E-state index in [0.29, 0.717) is 6.42 Å². The van der Waals surface area contributed by atoms with Crippen LogP contribution >= 0.6 is 0 Å². The van der Waals surface area contributed by atoms with Gasteiger partial charge in [-0.15, -0.1) is 0 Å². The highest BCUT2D eigenvalue weighted by Crippen LogP contribution is 2.25. The molecule has 2 atom stereocenters. The van der Waals surface area contributed by atoms with Crippen LogP contribution in [0, 0.1) is 5.92 Å². The molecule has 0 bridgehead atoms. The highest BCUT2D eigenvalue weighted by Gasteiger charge is 2.26.